The van der Waals surface area contributed by atoms with E-state index in [0.29, 0.717) is 16.9 Å². The fourth-order valence-electron chi connectivity index (χ4n) is 2.68. The summed E-state index contributed by atoms with van der Waals surface area (Å²) in [7, 11) is 2.07. The molecule has 1 amide bonds. The highest BCUT2D eigenvalue weighted by Crippen LogP contribution is 2.40. The Morgan fingerprint density at radius 1 is 1.38 bits per heavy atom. The second kappa shape index (κ2) is 6.03. The first-order chi connectivity index (χ1) is 9.86. The number of hydrogen-bond acceptors (Lipinski definition) is 6. The first-order valence-electron chi connectivity index (χ1n) is 7.07. The Morgan fingerprint density at radius 2 is 2.05 bits per heavy atom. The second-order valence-electron chi connectivity index (χ2n) is 5.47. The number of rotatable bonds is 4. The van der Waals surface area contributed by atoms with Gasteiger partial charge >= 0.3 is 0 Å². The maximum Gasteiger partial charge on any atom is 0.253 e. The smallest absolute Gasteiger partial charge is 0.253 e. The number of nitrogens with two attached hydrogens (primary N) is 2. The minimum atomic E-state index is -0.569. The Bertz CT molecular complexity index is 570. The summed E-state index contributed by atoms with van der Waals surface area (Å²) < 4.78 is 0. The van der Waals surface area contributed by atoms with Gasteiger partial charge in [-0.3, -0.25) is 9.59 Å². The quantitative estimate of drug-likeness (QED) is 0.814. The van der Waals surface area contributed by atoms with E-state index in [-0.39, 0.29) is 17.5 Å². The van der Waals surface area contributed by atoms with Crippen LogP contribution in [0.1, 0.15) is 40.3 Å². The van der Waals surface area contributed by atoms with Gasteiger partial charge in [-0.15, -0.1) is 11.3 Å². The summed E-state index contributed by atoms with van der Waals surface area (Å²) in [6, 6.07) is 0.240. The zero-order valence-electron chi connectivity index (χ0n) is 12.7. The number of nitrogen functional groups attached to an aromatic ring is 1. The van der Waals surface area contributed by atoms with Crippen molar-refractivity contribution in [3.63, 3.8) is 0 Å². The third-order valence-corrected chi connectivity index (χ3v) is 5.12. The molecule has 1 atom stereocenters. The predicted octanol–water partition coefficient (Wildman–Crippen LogP) is 1.16. The van der Waals surface area contributed by atoms with Crippen molar-refractivity contribution in [2.75, 3.05) is 37.3 Å². The van der Waals surface area contributed by atoms with Crippen molar-refractivity contribution in [2.24, 2.45) is 5.73 Å². The van der Waals surface area contributed by atoms with E-state index in [2.05, 4.69) is 23.8 Å². The Morgan fingerprint density at radius 3 is 2.57 bits per heavy atom. The summed E-state index contributed by atoms with van der Waals surface area (Å²) in [6.45, 7) is 6.46. The van der Waals surface area contributed by atoms with E-state index in [1.165, 1.54) is 11.3 Å². The van der Waals surface area contributed by atoms with Crippen molar-refractivity contribution >= 4 is 33.7 Å². The number of amides is 1. The minimum Gasteiger partial charge on any atom is -0.397 e. The lowest BCUT2D eigenvalue weighted by atomic mass is 10.1. The van der Waals surface area contributed by atoms with Crippen LogP contribution in [0, 0.1) is 0 Å². The number of thiophene rings is 1. The zero-order valence-corrected chi connectivity index (χ0v) is 13.5. The minimum absolute atomic E-state index is 0.0481. The van der Waals surface area contributed by atoms with Crippen LogP contribution in [0.5, 0.6) is 0 Å². The Balaban J connectivity index is 2.47. The van der Waals surface area contributed by atoms with Crippen LogP contribution >= 0.6 is 11.3 Å². The van der Waals surface area contributed by atoms with Gasteiger partial charge in [0.1, 0.15) is 5.00 Å². The lowest BCUT2D eigenvalue weighted by Crippen LogP contribution is -2.50. The summed E-state index contributed by atoms with van der Waals surface area (Å²) >= 11 is 1.29. The van der Waals surface area contributed by atoms with Crippen LogP contribution in [-0.2, 0) is 0 Å². The third kappa shape index (κ3) is 2.89. The molecule has 0 radical (unpaired) electrons. The van der Waals surface area contributed by atoms with Crippen molar-refractivity contribution in [1.29, 1.82) is 0 Å². The van der Waals surface area contributed by atoms with Gasteiger partial charge in [0.15, 0.2) is 5.78 Å². The van der Waals surface area contributed by atoms with E-state index in [9.17, 15) is 9.59 Å². The Labute approximate surface area is 128 Å². The van der Waals surface area contributed by atoms with Crippen LogP contribution in [0.15, 0.2) is 0 Å². The van der Waals surface area contributed by atoms with Gasteiger partial charge in [-0.05, 0) is 14.0 Å². The largest absolute Gasteiger partial charge is 0.397 e. The van der Waals surface area contributed by atoms with Gasteiger partial charge in [-0.25, -0.2) is 0 Å². The fourth-order valence-corrected chi connectivity index (χ4v) is 4.05. The molecule has 4 N–H and O–H groups in total. The standard InChI is InChI=1S/C14H22N4O2S/c1-4-9(19)12-11(15)10(13(16)20)14(21-12)18-6-5-17(3)7-8(18)2/h8H,4-7,15H2,1-3H3,(H2,16,20). The molecule has 7 heteroatoms. The highest BCUT2D eigenvalue weighted by molar-refractivity contribution is 7.19. The fraction of sp³-hybridized carbons (Fsp3) is 0.571. The average molecular weight is 310 g/mol. The van der Waals surface area contributed by atoms with Gasteiger partial charge in [-0.1, -0.05) is 6.92 Å². The molecule has 2 heterocycles. The average Bonchev–Trinajstić information content (AvgIpc) is 2.75. The molecular formula is C14H22N4O2S. The molecule has 1 unspecified atom stereocenters. The summed E-state index contributed by atoms with van der Waals surface area (Å²) in [5.41, 5.74) is 12.0. The van der Waals surface area contributed by atoms with Crippen LogP contribution < -0.4 is 16.4 Å². The molecule has 6 nitrogen and oxygen atoms in total. The van der Waals surface area contributed by atoms with E-state index in [0.717, 1.165) is 24.6 Å². The van der Waals surface area contributed by atoms with E-state index < -0.39 is 5.91 Å². The number of ketones is 1. The van der Waals surface area contributed by atoms with Crippen LogP contribution in [-0.4, -0.2) is 49.3 Å². The van der Waals surface area contributed by atoms with Gasteiger partial charge in [0.05, 0.1) is 16.1 Å². The molecule has 0 aromatic carbocycles. The van der Waals surface area contributed by atoms with Gasteiger partial charge in [0.2, 0.25) is 0 Å². The summed E-state index contributed by atoms with van der Waals surface area (Å²) in [5.74, 6) is -0.618. The topological polar surface area (TPSA) is 92.7 Å². The van der Waals surface area contributed by atoms with Gasteiger partial charge in [0, 0.05) is 32.1 Å². The molecular weight excluding hydrogens is 288 g/mol. The first kappa shape index (κ1) is 15.8. The molecule has 0 spiro atoms. The third-order valence-electron chi connectivity index (χ3n) is 3.84. The molecule has 1 fully saturated rings. The normalized spacial score (nSPS) is 19.8. The Kier molecular flexibility index (Phi) is 4.53. The molecule has 0 saturated carbocycles. The monoisotopic (exact) mass is 310 g/mol. The number of anilines is 2. The second-order valence-corrected chi connectivity index (χ2v) is 6.47. The molecule has 1 aliphatic rings. The number of carbonyl (C=O) groups is 2. The molecule has 1 saturated heterocycles. The molecule has 21 heavy (non-hydrogen) atoms. The van der Waals surface area contributed by atoms with E-state index >= 15 is 0 Å². The Hall–Kier alpha value is -1.60. The van der Waals surface area contributed by atoms with Gasteiger partial charge in [-0.2, -0.15) is 0 Å². The van der Waals surface area contributed by atoms with Crippen LogP contribution in [0.25, 0.3) is 0 Å². The highest BCUT2D eigenvalue weighted by atomic mass is 32.1. The molecule has 1 aromatic rings. The zero-order chi connectivity index (χ0) is 15.7. The lowest BCUT2D eigenvalue weighted by molar-refractivity contribution is 0.0991. The highest BCUT2D eigenvalue weighted by Gasteiger charge is 2.30. The number of carbonyl (C=O) groups excluding carboxylic acids is 2. The van der Waals surface area contributed by atoms with Crippen molar-refractivity contribution in [3.05, 3.63) is 10.4 Å². The molecule has 1 aromatic heterocycles. The number of likely N-dealkylation sites (N-methyl/N-ethyl adjacent to an activating group) is 1. The van der Waals surface area contributed by atoms with Crippen molar-refractivity contribution in [2.45, 2.75) is 26.3 Å². The molecule has 0 bridgehead atoms. The van der Waals surface area contributed by atoms with Crippen LogP contribution in [0.4, 0.5) is 10.7 Å². The summed E-state index contributed by atoms with van der Waals surface area (Å²) in [6.07, 6.45) is 0.362. The van der Waals surface area contributed by atoms with E-state index in [1.807, 2.05) is 0 Å². The van der Waals surface area contributed by atoms with Gasteiger partial charge < -0.3 is 21.3 Å². The van der Waals surface area contributed by atoms with Crippen molar-refractivity contribution in [3.8, 4) is 0 Å². The number of primary amides is 1. The summed E-state index contributed by atoms with van der Waals surface area (Å²) in [5, 5.41) is 0.734. The van der Waals surface area contributed by atoms with E-state index in [4.69, 9.17) is 11.5 Å². The molecule has 0 aliphatic carbocycles. The van der Waals surface area contributed by atoms with E-state index in [1.54, 1.807) is 6.92 Å². The summed E-state index contributed by atoms with van der Waals surface area (Å²) in [4.78, 5) is 28.6. The first-order valence-corrected chi connectivity index (χ1v) is 7.88. The lowest BCUT2D eigenvalue weighted by Gasteiger charge is -2.39. The van der Waals surface area contributed by atoms with Gasteiger partial charge in [0.25, 0.3) is 5.91 Å². The molecule has 1 aliphatic heterocycles. The SMILES string of the molecule is CCC(=O)c1sc(N2CCN(C)CC2C)c(C(N)=O)c1N. The number of Topliss-reactive ketones (excluding diaryl/α,β-unsaturated/α-hetero) is 1. The number of nitrogens with zero attached hydrogens (tertiary/aromatic N) is 2. The molecule has 116 valence electrons. The maximum atomic E-state index is 12.0. The predicted molar refractivity (Wildman–Crippen MR) is 86.2 cm³/mol. The molecule has 2 rings (SSSR count). The van der Waals surface area contributed by atoms with Crippen molar-refractivity contribution in [1.82, 2.24) is 4.90 Å². The van der Waals surface area contributed by atoms with Crippen molar-refractivity contribution < 1.29 is 9.59 Å². The van der Waals surface area contributed by atoms with Crippen LogP contribution in [0.3, 0.4) is 0 Å². The number of piperazine rings is 1. The van der Waals surface area contributed by atoms with Crippen LogP contribution in [0.2, 0.25) is 0 Å². The maximum absolute atomic E-state index is 12.0. The number of hydrogen-bond donors (Lipinski definition) is 2.